The van der Waals surface area contributed by atoms with Crippen molar-refractivity contribution in [1.29, 1.82) is 0 Å². The summed E-state index contributed by atoms with van der Waals surface area (Å²) in [4.78, 5) is 14.3. The van der Waals surface area contributed by atoms with Crippen molar-refractivity contribution in [2.24, 2.45) is 9.98 Å². The minimum Gasteiger partial charge on any atom is -0.496 e. The molecule has 1 aliphatic rings. The lowest BCUT2D eigenvalue weighted by atomic mass is 10.0. The Morgan fingerprint density at radius 3 is 1.86 bits per heavy atom. The number of methoxy groups -OCH3 is 2. The Bertz CT molecular complexity index is 1220. The summed E-state index contributed by atoms with van der Waals surface area (Å²) < 4.78 is 11.4. The molecule has 0 atom stereocenters. The predicted octanol–water partition coefficient (Wildman–Crippen LogP) is 9.44. The van der Waals surface area contributed by atoms with Crippen LogP contribution in [0, 0.1) is 6.92 Å². The van der Waals surface area contributed by atoms with Gasteiger partial charge in [-0.1, -0.05) is 84.1 Å². The summed E-state index contributed by atoms with van der Waals surface area (Å²) in [5.41, 5.74) is 7.20. The third kappa shape index (κ3) is 10.4. The number of hydrogen-bond acceptors (Lipinski definition) is 6. The fraction of sp³-hybridized carbons (Fsp3) is 0.568. The highest BCUT2D eigenvalue weighted by molar-refractivity contribution is 6.23. The number of unbranched alkanes of at least 4 members (excludes halogenated alkanes) is 10. The summed E-state index contributed by atoms with van der Waals surface area (Å²) in [6, 6.07) is 13.4. The van der Waals surface area contributed by atoms with Crippen molar-refractivity contribution in [3.8, 4) is 5.75 Å². The number of aryl methyl sites for hydroxylation is 1. The van der Waals surface area contributed by atoms with Crippen molar-refractivity contribution in [2.75, 3.05) is 51.2 Å². The molecule has 0 radical (unpaired) electrons. The van der Waals surface area contributed by atoms with E-state index in [1.165, 1.54) is 94.0 Å². The number of aliphatic imine (C=N–C) groups is 2. The second kappa shape index (κ2) is 18.4. The third-order valence-corrected chi connectivity index (χ3v) is 8.28. The van der Waals surface area contributed by atoms with Crippen LogP contribution in [0.3, 0.4) is 0 Å². The molecule has 0 spiro atoms. The first kappa shape index (κ1) is 34.2. The maximum atomic E-state index is 5.87. The van der Waals surface area contributed by atoms with Crippen LogP contribution in [0.2, 0.25) is 0 Å². The molecule has 6 heteroatoms. The van der Waals surface area contributed by atoms with E-state index in [1.54, 1.807) is 14.2 Å². The number of anilines is 2. The Kier molecular flexibility index (Phi) is 14.6. The van der Waals surface area contributed by atoms with Gasteiger partial charge in [-0.25, -0.2) is 0 Å². The van der Waals surface area contributed by atoms with Gasteiger partial charge in [0, 0.05) is 44.1 Å². The SMILES string of the molecule is CCCCCCCCN(CCCCCCCC)c1ccc(OC)c(C2=NC(OC)=NC2=Cc2ccc(N(C)C)cc2C)c1. The van der Waals surface area contributed by atoms with Crippen LogP contribution in [0.1, 0.15) is 108 Å². The van der Waals surface area contributed by atoms with Gasteiger partial charge in [0.1, 0.15) is 11.5 Å². The molecule has 0 aliphatic carbocycles. The second-order valence-corrected chi connectivity index (χ2v) is 11.9. The van der Waals surface area contributed by atoms with Crippen LogP contribution in [0.15, 0.2) is 52.1 Å². The number of nitrogens with zero attached hydrogens (tertiary/aromatic N) is 4. The van der Waals surface area contributed by atoms with Gasteiger partial charge in [0.2, 0.25) is 0 Å². The highest BCUT2D eigenvalue weighted by Gasteiger charge is 2.24. The molecular weight excluding hydrogens is 532 g/mol. The Labute approximate surface area is 261 Å². The number of allylic oxidation sites excluding steroid dienone is 1. The molecule has 1 heterocycles. The molecular formula is C37H56N4O2. The lowest BCUT2D eigenvalue weighted by Gasteiger charge is -2.26. The molecule has 0 aromatic heterocycles. The van der Waals surface area contributed by atoms with Gasteiger partial charge in [0.15, 0.2) is 0 Å². The quantitative estimate of drug-likeness (QED) is 0.153. The van der Waals surface area contributed by atoms with Crippen molar-refractivity contribution in [3.63, 3.8) is 0 Å². The first-order valence-corrected chi connectivity index (χ1v) is 16.6. The van der Waals surface area contributed by atoms with Crippen LogP contribution >= 0.6 is 0 Å². The lowest BCUT2D eigenvalue weighted by molar-refractivity contribution is 0.398. The van der Waals surface area contributed by atoms with Crippen LogP contribution in [-0.4, -0.2) is 53.1 Å². The Morgan fingerprint density at radius 2 is 1.30 bits per heavy atom. The third-order valence-electron chi connectivity index (χ3n) is 8.28. The van der Waals surface area contributed by atoms with Gasteiger partial charge < -0.3 is 19.3 Å². The van der Waals surface area contributed by atoms with Gasteiger partial charge in [-0.2, -0.15) is 9.98 Å². The molecule has 0 fully saturated rings. The molecule has 2 aromatic rings. The van der Waals surface area contributed by atoms with Gasteiger partial charge in [-0.3, -0.25) is 0 Å². The summed E-state index contributed by atoms with van der Waals surface area (Å²) in [5.74, 6) is 0.791. The van der Waals surface area contributed by atoms with Gasteiger partial charge in [0.25, 0.3) is 0 Å². The zero-order valence-corrected chi connectivity index (χ0v) is 28.0. The molecule has 1 aliphatic heterocycles. The van der Waals surface area contributed by atoms with Gasteiger partial charge in [-0.05, 0) is 67.3 Å². The molecule has 6 nitrogen and oxygen atoms in total. The van der Waals surface area contributed by atoms with Crippen molar-refractivity contribution < 1.29 is 9.47 Å². The zero-order chi connectivity index (χ0) is 31.0. The second-order valence-electron chi connectivity index (χ2n) is 11.9. The summed E-state index contributed by atoms with van der Waals surface area (Å²) in [7, 11) is 7.47. The number of hydrogen-bond donors (Lipinski definition) is 0. The van der Waals surface area contributed by atoms with Crippen molar-refractivity contribution in [2.45, 2.75) is 97.8 Å². The molecule has 0 saturated carbocycles. The maximum absolute atomic E-state index is 5.87. The van der Waals surface area contributed by atoms with Gasteiger partial charge in [0.05, 0.1) is 19.9 Å². The maximum Gasteiger partial charge on any atom is 0.317 e. The standard InChI is InChI=1S/C37H56N4O2/c1-8-10-12-14-16-18-24-41(25-19-17-15-13-11-9-2)32-22-23-35(42-6)33(28-32)36-34(38-37(39-36)43-7)27-30-20-21-31(40(4)5)26-29(30)3/h20-23,26-28H,8-19,24-25H2,1-7H3. The summed E-state index contributed by atoms with van der Waals surface area (Å²) in [5, 5.41) is 0. The molecule has 43 heavy (non-hydrogen) atoms. The predicted molar refractivity (Wildman–Crippen MR) is 186 cm³/mol. The van der Waals surface area contributed by atoms with E-state index in [2.05, 4.69) is 87.1 Å². The van der Waals surface area contributed by atoms with Crippen molar-refractivity contribution >= 4 is 29.2 Å². The summed E-state index contributed by atoms with van der Waals surface area (Å²) in [6.07, 6.45) is 17.7. The lowest BCUT2D eigenvalue weighted by Crippen LogP contribution is -2.26. The van der Waals surface area contributed by atoms with Crippen LogP contribution in [0.4, 0.5) is 11.4 Å². The van der Waals surface area contributed by atoms with E-state index in [9.17, 15) is 0 Å². The van der Waals surface area contributed by atoms with E-state index in [1.807, 2.05) is 0 Å². The summed E-state index contributed by atoms with van der Waals surface area (Å²) >= 11 is 0. The molecule has 3 rings (SSSR count). The number of rotatable bonds is 19. The normalized spacial score (nSPS) is 13.7. The van der Waals surface area contributed by atoms with Crippen molar-refractivity contribution in [1.82, 2.24) is 0 Å². The highest BCUT2D eigenvalue weighted by Crippen LogP contribution is 2.32. The largest absolute Gasteiger partial charge is 0.496 e. The summed E-state index contributed by atoms with van der Waals surface area (Å²) in [6.45, 7) is 8.83. The average Bonchev–Trinajstić information content (AvgIpc) is 3.42. The van der Waals surface area contributed by atoms with Gasteiger partial charge >= 0.3 is 6.02 Å². The first-order valence-electron chi connectivity index (χ1n) is 16.6. The molecule has 0 amide bonds. The highest BCUT2D eigenvalue weighted by atomic mass is 16.5. The molecule has 0 N–H and O–H groups in total. The van der Waals surface area contributed by atoms with Crippen LogP contribution in [-0.2, 0) is 4.74 Å². The topological polar surface area (TPSA) is 49.7 Å². The number of benzene rings is 2. The van der Waals surface area contributed by atoms with E-state index in [0.29, 0.717) is 6.02 Å². The van der Waals surface area contributed by atoms with Gasteiger partial charge in [-0.15, -0.1) is 0 Å². The fourth-order valence-corrected chi connectivity index (χ4v) is 5.59. The van der Waals surface area contributed by atoms with E-state index in [-0.39, 0.29) is 0 Å². The van der Waals surface area contributed by atoms with Crippen molar-refractivity contribution in [3.05, 3.63) is 58.8 Å². The van der Waals surface area contributed by atoms with Crippen LogP contribution in [0.25, 0.3) is 6.08 Å². The number of amidine groups is 1. The smallest absolute Gasteiger partial charge is 0.317 e. The number of ether oxygens (including phenoxy) is 2. The molecule has 0 bridgehead atoms. The van der Waals surface area contributed by atoms with E-state index in [0.717, 1.165) is 41.4 Å². The Balaban J connectivity index is 1.90. The monoisotopic (exact) mass is 588 g/mol. The molecule has 0 saturated heterocycles. The van der Waals surface area contributed by atoms with Crippen LogP contribution < -0.4 is 14.5 Å². The zero-order valence-electron chi connectivity index (χ0n) is 28.0. The fourth-order valence-electron chi connectivity index (χ4n) is 5.59. The molecule has 0 unspecified atom stereocenters. The van der Waals surface area contributed by atoms with E-state index >= 15 is 0 Å². The minimum absolute atomic E-state index is 0.368. The van der Waals surface area contributed by atoms with E-state index < -0.39 is 0 Å². The minimum atomic E-state index is 0.368. The molecule has 236 valence electrons. The Morgan fingerprint density at radius 1 is 0.698 bits per heavy atom. The van der Waals surface area contributed by atoms with Crippen LogP contribution in [0.5, 0.6) is 5.75 Å². The first-order chi connectivity index (χ1) is 20.9. The Hall–Kier alpha value is -3.28. The molecule has 2 aromatic carbocycles. The van der Waals surface area contributed by atoms with E-state index in [4.69, 9.17) is 19.5 Å². The average molecular weight is 589 g/mol.